The molecule has 2 aromatic carbocycles. The second-order valence-electron chi connectivity index (χ2n) is 6.09. The molecule has 130 valence electrons. The van der Waals surface area contributed by atoms with E-state index in [0.29, 0.717) is 44.0 Å². The van der Waals surface area contributed by atoms with Crippen molar-refractivity contribution in [1.82, 2.24) is 10.2 Å². The number of hydrogen-bond acceptors (Lipinski definition) is 3. The van der Waals surface area contributed by atoms with Gasteiger partial charge in [-0.3, -0.25) is 9.59 Å². The van der Waals surface area contributed by atoms with Gasteiger partial charge in [0.2, 0.25) is 0 Å². The fourth-order valence-corrected chi connectivity index (χ4v) is 2.80. The maximum absolute atomic E-state index is 12.4. The third-order valence-corrected chi connectivity index (χ3v) is 4.39. The van der Waals surface area contributed by atoms with E-state index in [-0.39, 0.29) is 11.8 Å². The van der Waals surface area contributed by atoms with Gasteiger partial charge in [0.25, 0.3) is 11.8 Å². The molecule has 0 bridgehead atoms. The van der Waals surface area contributed by atoms with Crippen LogP contribution in [0, 0.1) is 6.92 Å². The third kappa shape index (κ3) is 4.25. The van der Waals surface area contributed by atoms with E-state index in [1.54, 1.807) is 29.2 Å². The first-order valence-electron chi connectivity index (χ1n) is 8.45. The average Bonchev–Trinajstić information content (AvgIpc) is 2.67. The lowest BCUT2D eigenvalue weighted by atomic mass is 10.1. The number of benzene rings is 2. The van der Waals surface area contributed by atoms with Crippen LogP contribution in [0.5, 0.6) is 0 Å². The zero-order valence-corrected chi connectivity index (χ0v) is 14.3. The van der Waals surface area contributed by atoms with Crippen LogP contribution in [0.2, 0.25) is 0 Å². The van der Waals surface area contributed by atoms with Gasteiger partial charge < -0.3 is 15.0 Å². The Balaban J connectivity index is 1.60. The molecular weight excluding hydrogens is 316 g/mol. The van der Waals surface area contributed by atoms with Crippen LogP contribution < -0.4 is 5.32 Å². The number of nitrogens with one attached hydrogen (secondary N) is 1. The van der Waals surface area contributed by atoms with E-state index >= 15 is 0 Å². The van der Waals surface area contributed by atoms with Crippen molar-refractivity contribution >= 4 is 11.8 Å². The Morgan fingerprint density at radius 2 is 1.64 bits per heavy atom. The number of amides is 2. The highest BCUT2D eigenvalue weighted by Crippen LogP contribution is 2.11. The summed E-state index contributed by atoms with van der Waals surface area (Å²) in [6.45, 7) is 4.87. The Hall–Kier alpha value is -2.66. The second kappa shape index (κ2) is 7.94. The number of nitrogens with zero attached hydrogens (tertiary/aromatic N) is 1. The van der Waals surface area contributed by atoms with Crippen molar-refractivity contribution in [3.63, 3.8) is 0 Å². The van der Waals surface area contributed by atoms with Crippen molar-refractivity contribution in [2.45, 2.75) is 13.5 Å². The van der Waals surface area contributed by atoms with Crippen molar-refractivity contribution in [3.8, 4) is 0 Å². The molecule has 25 heavy (non-hydrogen) atoms. The minimum Gasteiger partial charge on any atom is -0.378 e. The number of rotatable bonds is 4. The van der Waals surface area contributed by atoms with Crippen LogP contribution in [0.25, 0.3) is 0 Å². The summed E-state index contributed by atoms with van der Waals surface area (Å²) in [5.74, 6) is -0.163. The summed E-state index contributed by atoms with van der Waals surface area (Å²) in [4.78, 5) is 26.5. The molecule has 1 heterocycles. The third-order valence-electron chi connectivity index (χ3n) is 4.39. The Bertz CT molecular complexity index is 750. The van der Waals surface area contributed by atoms with Gasteiger partial charge in [0.15, 0.2) is 0 Å². The molecule has 0 spiro atoms. The summed E-state index contributed by atoms with van der Waals surface area (Å²) in [5.41, 5.74) is 3.38. The lowest BCUT2D eigenvalue weighted by Crippen LogP contribution is -2.40. The Morgan fingerprint density at radius 1 is 1.00 bits per heavy atom. The van der Waals surface area contributed by atoms with Crippen LogP contribution >= 0.6 is 0 Å². The fraction of sp³-hybridized carbons (Fsp3) is 0.300. The number of aryl methyl sites for hydroxylation is 1. The minimum absolute atomic E-state index is 0.0184. The van der Waals surface area contributed by atoms with Gasteiger partial charge in [0, 0.05) is 30.8 Å². The number of morpholine rings is 1. The first-order valence-corrected chi connectivity index (χ1v) is 8.45. The second-order valence-corrected chi connectivity index (χ2v) is 6.09. The van der Waals surface area contributed by atoms with Gasteiger partial charge in [-0.25, -0.2) is 0 Å². The predicted molar refractivity (Wildman–Crippen MR) is 95.5 cm³/mol. The molecule has 5 heteroatoms. The number of carbonyl (C=O) groups excluding carboxylic acids is 2. The maximum Gasteiger partial charge on any atom is 0.254 e. The molecule has 2 amide bonds. The van der Waals surface area contributed by atoms with Crippen molar-refractivity contribution in [1.29, 1.82) is 0 Å². The zero-order valence-electron chi connectivity index (χ0n) is 14.3. The first kappa shape index (κ1) is 17.2. The van der Waals surface area contributed by atoms with Gasteiger partial charge in [-0.1, -0.05) is 24.3 Å². The molecule has 2 aromatic rings. The molecule has 1 aliphatic heterocycles. The highest BCUT2D eigenvalue weighted by Gasteiger charge is 2.18. The van der Waals surface area contributed by atoms with E-state index in [2.05, 4.69) is 5.32 Å². The molecule has 3 rings (SSSR count). The molecular formula is C20H22N2O3. The number of carbonyl (C=O) groups is 2. The van der Waals surface area contributed by atoms with E-state index in [4.69, 9.17) is 4.74 Å². The van der Waals surface area contributed by atoms with E-state index in [1.807, 2.05) is 31.2 Å². The summed E-state index contributed by atoms with van der Waals surface area (Å²) in [5, 5.41) is 2.92. The standard InChI is InChI=1S/C20H22N2O3/c1-15-4-2-3-5-18(15)14-21-19(23)16-6-8-17(9-7-16)20(24)22-10-12-25-13-11-22/h2-9H,10-14H2,1H3,(H,21,23). The average molecular weight is 338 g/mol. The van der Waals surface area contributed by atoms with Crippen molar-refractivity contribution in [2.75, 3.05) is 26.3 Å². The summed E-state index contributed by atoms with van der Waals surface area (Å²) >= 11 is 0. The summed E-state index contributed by atoms with van der Waals surface area (Å²) < 4.78 is 5.26. The van der Waals surface area contributed by atoms with Crippen LogP contribution in [0.4, 0.5) is 0 Å². The van der Waals surface area contributed by atoms with E-state index in [9.17, 15) is 9.59 Å². The van der Waals surface area contributed by atoms with Crippen LogP contribution in [0.3, 0.4) is 0 Å². The predicted octanol–water partition coefficient (Wildman–Crippen LogP) is 2.40. The van der Waals surface area contributed by atoms with Crippen LogP contribution in [0.15, 0.2) is 48.5 Å². The molecule has 0 aromatic heterocycles. The molecule has 0 aliphatic carbocycles. The van der Waals surface area contributed by atoms with Crippen molar-refractivity contribution in [2.24, 2.45) is 0 Å². The molecule has 0 radical (unpaired) electrons. The normalized spacial score (nSPS) is 14.2. The molecule has 1 saturated heterocycles. The monoisotopic (exact) mass is 338 g/mol. The van der Waals surface area contributed by atoms with Crippen LogP contribution in [-0.2, 0) is 11.3 Å². The molecule has 0 atom stereocenters. The Kier molecular flexibility index (Phi) is 5.46. The minimum atomic E-state index is -0.145. The van der Waals surface area contributed by atoms with Crippen LogP contribution in [-0.4, -0.2) is 43.0 Å². The zero-order chi connectivity index (χ0) is 17.6. The summed E-state index contributed by atoms with van der Waals surface area (Å²) in [7, 11) is 0. The number of ether oxygens (including phenoxy) is 1. The highest BCUT2D eigenvalue weighted by atomic mass is 16.5. The van der Waals surface area contributed by atoms with Gasteiger partial charge in [-0.05, 0) is 42.3 Å². The molecule has 0 unspecified atom stereocenters. The van der Waals surface area contributed by atoms with Gasteiger partial charge in [-0.2, -0.15) is 0 Å². The SMILES string of the molecule is Cc1ccccc1CNC(=O)c1ccc(C(=O)N2CCOCC2)cc1. The van der Waals surface area contributed by atoms with Crippen molar-refractivity contribution in [3.05, 3.63) is 70.8 Å². The maximum atomic E-state index is 12.4. The molecule has 1 N–H and O–H groups in total. The number of hydrogen-bond donors (Lipinski definition) is 1. The highest BCUT2D eigenvalue weighted by molar-refractivity contribution is 5.97. The quantitative estimate of drug-likeness (QED) is 0.931. The topological polar surface area (TPSA) is 58.6 Å². The van der Waals surface area contributed by atoms with E-state index in [1.165, 1.54) is 0 Å². The summed E-state index contributed by atoms with van der Waals surface area (Å²) in [6.07, 6.45) is 0. The first-order chi connectivity index (χ1) is 12.1. The largest absolute Gasteiger partial charge is 0.378 e. The van der Waals surface area contributed by atoms with Gasteiger partial charge >= 0.3 is 0 Å². The fourth-order valence-electron chi connectivity index (χ4n) is 2.80. The molecule has 1 aliphatic rings. The van der Waals surface area contributed by atoms with Gasteiger partial charge in [0.05, 0.1) is 13.2 Å². The van der Waals surface area contributed by atoms with E-state index in [0.717, 1.165) is 11.1 Å². The Labute approximate surface area is 147 Å². The van der Waals surface area contributed by atoms with Gasteiger partial charge in [0.1, 0.15) is 0 Å². The van der Waals surface area contributed by atoms with Gasteiger partial charge in [-0.15, -0.1) is 0 Å². The van der Waals surface area contributed by atoms with Crippen molar-refractivity contribution < 1.29 is 14.3 Å². The lowest BCUT2D eigenvalue weighted by molar-refractivity contribution is 0.0303. The molecule has 5 nitrogen and oxygen atoms in total. The van der Waals surface area contributed by atoms with E-state index < -0.39 is 0 Å². The Morgan fingerprint density at radius 3 is 2.32 bits per heavy atom. The lowest BCUT2D eigenvalue weighted by Gasteiger charge is -2.26. The summed E-state index contributed by atoms with van der Waals surface area (Å²) in [6, 6.07) is 14.8. The molecule has 1 fully saturated rings. The van der Waals surface area contributed by atoms with Crippen LogP contribution in [0.1, 0.15) is 31.8 Å². The smallest absolute Gasteiger partial charge is 0.254 e. The molecule has 0 saturated carbocycles.